The van der Waals surface area contributed by atoms with Gasteiger partial charge in [0, 0.05) is 64.6 Å². The summed E-state index contributed by atoms with van der Waals surface area (Å²) >= 11 is 0. The first kappa shape index (κ1) is 17.3. The van der Waals surface area contributed by atoms with Crippen molar-refractivity contribution in [2.24, 2.45) is 0 Å². The molecule has 6 nitrogen and oxygen atoms in total. The lowest BCUT2D eigenvalue weighted by atomic mass is 10.2. The van der Waals surface area contributed by atoms with Gasteiger partial charge >= 0.3 is 0 Å². The molecule has 24 heavy (non-hydrogen) atoms. The smallest absolute Gasteiger partial charge is 0.224 e. The van der Waals surface area contributed by atoms with E-state index in [1.54, 1.807) is 0 Å². The van der Waals surface area contributed by atoms with Crippen LogP contribution in [0.4, 0.5) is 0 Å². The Labute approximate surface area is 144 Å². The highest BCUT2D eigenvalue weighted by molar-refractivity contribution is 5.76. The van der Waals surface area contributed by atoms with Crippen LogP contribution in [0.1, 0.15) is 24.8 Å². The first-order chi connectivity index (χ1) is 11.8. The zero-order chi connectivity index (χ0) is 16.6. The average Bonchev–Trinajstić information content (AvgIpc) is 2.66. The molecule has 0 aliphatic carbocycles. The van der Waals surface area contributed by atoms with Gasteiger partial charge in [0.1, 0.15) is 0 Å². The second kappa shape index (κ2) is 9.11. The van der Waals surface area contributed by atoms with Gasteiger partial charge in [0.25, 0.3) is 0 Å². The molecule has 6 heteroatoms. The van der Waals surface area contributed by atoms with Crippen LogP contribution in [0.2, 0.25) is 0 Å². The molecule has 0 aromatic carbocycles. The van der Waals surface area contributed by atoms with Crippen molar-refractivity contribution < 1.29 is 9.63 Å². The van der Waals surface area contributed by atoms with Crippen LogP contribution in [-0.4, -0.2) is 78.2 Å². The maximum Gasteiger partial charge on any atom is 0.224 e. The number of carbonyl (C=O) groups is 1. The van der Waals surface area contributed by atoms with Crippen LogP contribution in [-0.2, 0) is 16.1 Å². The molecule has 0 N–H and O–H groups in total. The van der Waals surface area contributed by atoms with E-state index in [0.29, 0.717) is 6.42 Å². The topological polar surface area (TPSA) is 48.9 Å². The van der Waals surface area contributed by atoms with Crippen molar-refractivity contribution in [3.63, 3.8) is 0 Å². The quantitative estimate of drug-likeness (QED) is 0.783. The van der Waals surface area contributed by atoms with Gasteiger partial charge in [-0.15, -0.1) is 0 Å². The first-order valence-electron chi connectivity index (χ1n) is 9.08. The molecule has 0 spiro atoms. The lowest BCUT2D eigenvalue weighted by Crippen LogP contribution is -2.49. The summed E-state index contributed by atoms with van der Waals surface area (Å²) in [5.74, 6) is 0.262. The largest absolute Gasteiger partial charge is 0.340 e. The molecule has 1 aromatic heterocycles. The number of hydroxylamine groups is 2. The Morgan fingerprint density at radius 3 is 2.54 bits per heavy atom. The van der Waals surface area contributed by atoms with Crippen LogP contribution in [0.15, 0.2) is 24.5 Å². The summed E-state index contributed by atoms with van der Waals surface area (Å²) in [6.07, 6.45) is 7.60. The minimum absolute atomic E-state index is 0.262. The maximum atomic E-state index is 12.3. The maximum absolute atomic E-state index is 12.3. The van der Waals surface area contributed by atoms with Crippen LogP contribution in [0, 0.1) is 0 Å². The summed E-state index contributed by atoms with van der Waals surface area (Å²) in [5.41, 5.74) is 1.32. The molecule has 0 atom stereocenters. The molecular weight excluding hydrogens is 304 g/mol. The van der Waals surface area contributed by atoms with Crippen molar-refractivity contribution >= 4 is 5.91 Å². The molecule has 0 radical (unpaired) electrons. The van der Waals surface area contributed by atoms with E-state index in [2.05, 4.69) is 22.0 Å². The zero-order valence-electron chi connectivity index (χ0n) is 14.4. The van der Waals surface area contributed by atoms with E-state index in [4.69, 9.17) is 4.84 Å². The van der Waals surface area contributed by atoms with Gasteiger partial charge in [-0.3, -0.25) is 19.5 Å². The Kier molecular flexibility index (Phi) is 6.57. The zero-order valence-corrected chi connectivity index (χ0v) is 14.4. The van der Waals surface area contributed by atoms with E-state index < -0.39 is 0 Å². The second-order valence-corrected chi connectivity index (χ2v) is 6.55. The molecule has 3 rings (SSSR count). The van der Waals surface area contributed by atoms with Gasteiger partial charge in [0.2, 0.25) is 5.91 Å². The molecule has 2 fully saturated rings. The van der Waals surface area contributed by atoms with Gasteiger partial charge in [-0.1, -0.05) is 0 Å². The summed E-state index contributed by atoms with van der Waals surface area (Å²) in [7, 11) is 0. The highest BCUT2D eigenvalue weighted by atomic mass is 16.7. The fourth-order valence-corrected chi connectivity index (χ4v) is 3.26. The molecule has 1 aromatic rings. The Bertz CT molecular complexity index is 497. The Morgan fingerprint density at radius 1 is 1.04 bits per heavy atom. The van der Waals surface area contributed by atoms with Crippen LogP contribution >= 0.6 is 0 Å². The number of rotatable bonds is 6. The van der Waals surface area contributed by atoms with Gasteiger partial charge in [-0.05, 0) is 37.0 Å². The van der Waals surface area contributed by atoms with Gasteiger partial charge in [-0.25, -0.2) is 0 Å². The number of hydrogen-bond acceptors (Lipinski definition) is 5. The molecule has 2 saturated heterocycles. The molecule has 0 bridgehead atoms. The summed E-state index contributed by atoms with van der Waals surface area (Å²) in [6, 6.07) is 4.14. The van der Waals surface area contributed by atoms with Crippen molar-refractivity contribution in [3.05, 3.63) is 30.1 Å². The average molecular weight is 332 g/mol. The minimum Gasteiger partial charge on any atom is -0.340 e. The number of nitrogens with zero attached hydrogens (tertiary/aromatic N) is 4. The van der Waals surface area contributed by atoms with Gasteiger partial charge in [0.15, 0.2) is 0 Å². The Hall–Kier alpha value is -1.50. The fraction of sp³-hybridized carbons (Fsp3) is 0.667. The standard InChI is InChI=1S/C18H28N4O2/c23-18(6-11-22-9-1-2-16-24-22)21-14-12-20(13-15-21)10-5-17-3-7-19-8-4-17/h3-4,7-8H,1-2,5-6,9-16H2. The van der Waals surface area contributed by atoms with E-state index in [-0.39, 0.29) is 5.91 Å². The normalized spacial score (nSPS) is 20.2. The lowest BCUT2D eigenvalue weighted by molar-refractivity contribution is -0.182. The third-order valence-electron chi connectivity index (χ3n) is 4.84. The van der Waals surface area contributed by atoms with Crippen LogP contribution in [0.3, 0.4) is 0 Å². The molecule has 132 valence electrons. The van der Waals surface area contributed by atoms with Crippen molar-refractivity contribution in [3.8, 4) is 0 Å². The van der Waals surface area contributed by atoms with E-state index in [1.165, 1.54) is 12.0 Å². The number of aromatic nitrogens is 1. The van der Waals surface area contributed by atoms with Crippen molar-refractivity contribution in [2.45, 2.75) is 25.7 Å². The molecule has 0 saturated carbocycles. The summed E-state index contributed by atoms with van der Waals surface area (Å²) in [5, 5.41) is 1.95. The number of carbonyl (C=O) groups excluding carboxylic acids is 1. The number of pyridine rings is 1. The predicted octanol–water partition coefficient (Wildman–Crippen LogP) is 1.19. The number of piperazine rings is 1. The van der Waals surface area contributed by atoms with E-state index in [0.717, 1.165) is 65.3 Å². The third-order valence-corrected chi connectivity index (χ3v) is 4.84. The minimum atomic E-state index is 0.262. The molecule has 2 aliphatic heterocycles. The highest BCUT2D eigenvalue weighted by Gasteiger charge is 2.21. The molecule has 1 amide bonds. The van der Waals surface area contributed by atoms with Gasteiger partial charge < -0.3 is 4.90 Å². The molecule has 3 heterocycles. The first-order valence-corrected chi connectivity index (χ1v) is 9.08. The summed E-state index contributed by atoms with van der Waals surface area (Å²) in [4.78, 5) is 26.4. The second-order valence-electron chi connectivity index (χ2n) is 6.55. The third kappa shape index (κ3) is 5.26. The Morgan fingerprint density at radius 2 is 1.83 bits per heavy atom. The van der Waals surface area contributed by atoms with Crippen LogP contribution in [0.25, 0.3) is 0 Å². The van der Waals surface area contributed by atoms with Gasteiger partial charge in [-0.2, -0.15) is 5.06 Å². The van der Waals surface area contributed by atoms with Crippen LogP contribution in [0.5, 0.6) is 0 Å². The lowest BCUT2D eigenvalue weighted by Gasteiger charge is -2.35. The van der Waals surface area contributed by atoms with E-state index >= 15 is 0 Å². The SMILES string of the molecule is O=C(CCN1CCCCO1)N1CCN(CCc2ccncc2)CC1. The van der Waals surface area contributed by atoms with Gasteiger partial charge in [0.05, 0.1) is 6.61 Å². The monoisotopic (exact) mass is 332 g/mol. The van der Waals surface area contributed by atoms with Crippen LogP contribution < -0.4 is 0 Å². The van der Waals surface area contributed by atoms with Crippen molar-refractivity contribution in [2.75, 3.05) is 52.4 Å². The fourth-order valence-electron chi connectivity index (χ4n) is 3.26. The number of amides is 1. The molecule has 0 unspecified atom stereocenters. The Balaban J connectivity index is 1.33. The van der Waals surface area contributed by atoms with Crippen molar-refractivity contribution in [1.29, 1.82) is 0 Å². The molecular formula is C18H28N4O2. The predicted molar refractivity (Wildman–Crippen MR) is 92.3 cm³/mol. The van der Waals surface area contributed by atoms with Crippen molar-refractivity contribution in [1.82, 2.24) is 19.8 Å². The highest BCUT2D eigenvalue weighted by Crippen LogP contribution is 2.09. The molecule has 2 aliphatic rings. The summed E-state index contributed by atoms with van der Waals surface area (Å²) < 4.78 is 0. The van der Waals surface area contributed by atoms with E-state index in [9.17, 15) is 4.79 Å². The van der Waals surface area contributed by atoms with E-state index in [1.807, 2.05) is 22.4 Å². The number of hydrogen-bond donors (Lipinski definition) is 0. The summed E-state index contributed by atoms with van der Waals surface area (Å²) in [6.45, 7) is 7.15.